The monoisotopic (exact) mass is 292 g/mol. The van der Waals surface area contributed by atoms with Crippen LogP contribution in [0.15, 0.2) is 15.8 Å². The van der Waals surface area contributed by atoms with E-state index in [4.69, 9.17) is 0 Å². The van der Waals surface area contributed by atoms with Crippen molar-refractivity contribution in [3.63, 3.8) is 0 Å². The Morgan fingerprint density at radius 2 is 2.10 bits per heavy atom. The van der Waals surface area contributed by atoms with E-state index in [1.807, 2.05) is 0 Å². The Morgan fingerprint density at radius 3 is 2.71 bits per heavy atom. The fraction of sp³-hybridized carbons (Fsp3) is 0.643. The molecule has 21 heavy (non-hydrogen) atoms. The molecule has 0 radical (unpaired) electrons. The number of carbonyl (C=O) groups is 1. The molecule has 0 bridgehead atoms. The summed E-state index contributed by atoms with van der Waals surface area (Å²) in [6.45, 7) is 2.63. The van der Waals surface area contributed by atoms with Gasteiger partial charge < -0.3 is 15.2 Å². The number of hydrogen-bond donors (Lipinski definition) is 3. The highest BCUT2D eigenvalue weighted by molar-refractivity contribution is 5.93. The van der Waals surface area contributed by atoms with E-state index in [9.17, 15) is 14.4 Å². The second-order valence-electron chi connectivity index (χ2n) is 5.89. The normalized spacial score (nSPS) is 22.0. The van der Waals surface area contributed by atoms with Gasteiger partial charge in [-0.25, -0.2) is 4.79 Å². The van der Waals surface area contributed by atoms with Crippen molar-refractivity contribution in [1.29, 1.82) is 0 Å². The van der Waals surface area contributed by atoms with E-state index >= 15 is 0 Å². The zero-order valence-electron chi connectivity index (χ0n) is 11.9. The summed E-state index contributed by atoms with van der Waals surface area (Å²) in [5.74, 6) is 0.158. The average molecular weight is 292 g/mol. The zero-order chi connectivity index (χ0) is 14.8. The first kappa shape index (κ1) is 14.1. The number of amides is 1. The lowest BCUT2D eigenvalue weighted by Crippen LogP contribution is -2.44. The third kappa shape index (κ3) is 3.24. The van der Waals surface area contributed by atoms with E-state index in [2.05, 4.69) is 15.3 Å². The summed E-state index contributed by atoms with van der Waals surface area (Å²) in [6, 6.07) is 0.241. The van der Waals surface area contributed by atoms with Gasteiger partial charge in [0.1, 0.15) is 5.56 Å². The summed E-state index contributed by atoms with van der Waals surface area (Å²) >= 11 is 0. The van der Waals surface area contributed by atoms with E-state index < -0.39 is 11.2 Å². The minimum absolute atomic E-state index is 0.0188. The molecule has 2 fully saturated rings. The third-order valence-corrected chi connectivity index (χ3v) is 4.15. The number of aromatic amines is 2. The molecule has 1 atom stereocenters. The smallest absolute Gasteiger partial charge is 0.325 e. The summed E-state index contributed by atoms with van der Waals surface area (Å²) in [7, 11) is 0. The topological polar surface area (TPSA) is 98.1 Å². The van der Waals surface area contributed by atoms with Gasteiger partial charge in [0, 0.05) is 18.8 Å². The van der Waals surface area contributed by atoms with Gasteiger partial charge >= 0.3 is 5.69 Å². The molecule has 7 nitrogen and oxygen atoms in total. The van der Waals surface area contributed by atoms with Crippen molar-refractivity contribution in [2.75, 3.05) is 19.6 Å². The van der Waals surface area contributed by atoms with Crippen LogP contribution in [0.1, 0.15) is 36.0 Å². The van der Waals surface area contributed by atoms with Gasteiger partial charge in [0.05, 0.1) is 0 Å². The zero-order valence-corrected chi connectivity index (χ0v) is 11.9. The highest BCUT2D eigenvalue weighted by Crippen LogP contribution is 2.29. The lowest BCUT2D eigenvalue weighted by Gasteiger charge is -2.30. The SMILES string of the molecule is O=C(c1c[nH]c(=O)[nH]c1=O)N(CC1CCCNC1)C1CC1. The van der Waals surface area contributed by atoms with Crippen molar-refractivity contribution in [3.8, 4) is 0 Å². The molecule has 2 heterocycles. The van der Waals surface area contributed by atoms with Crippen LogP contribution in [0.25, 0.3) is 0 Å². The molecule has 0 spiro atoms. The Hall–Kier alpha value is -1.89. The lowest BCUT2D eigenvalue weighted by atomic mass is 9.98. The average Bonchev–Trinajstić information content (AvgIpc) is 3.30. The van der Waals surface area contributed by atoms with E-state index in [0.717, 1.165) is 38.8 Å². The van der Waals surface area contributed by atoms with Gasteiger partial charge in [-0.1, -0.05) is 0 Å². The molecule has 2 aliphatic rings. The van der Waals surface area contributed by atoms with E-state index in [1.54, 1.807) is 4.90 Å². The number of hydrogen-bond acceptors (Lipinski definition) is 4. The summed E-state index contributed by atoms with van der Waals surface area (Å²) in [5.41, 5.74) is -1.19. The van der Waals surface area contributed by atoms with Crippen molar-refractivity contribution in [2.45, 2.75) is 31.7 Å². The first-order valence-electron chi connectivity index (χ1n) is 7.49. The first-order valence-corrected chi connectivity index (χ1v) is 7.49. The number of piperidine rings is 1. The molecule has 7 heteroatoms. The molecule has 114 valence electrons. The number of nitrogens with zero attached hydrogens (tertiary/aromatic N) is 1. The van der Waals surface area contributed by atoms with Crippen LogP contribution in [0.2, 0.25) is 0 Å². The van der Waals surface area contributed by atoms with E-state index in [-0.39, 0.29) is 17.5 Å². The molecule has 1 saturated carbocycles. The van der Waals surface area contributed by atoms with Crippen molar-refractivity contribution in [2.24, 2.45) is 5.92 Å². The highest BCUT2D eigenvalue weighted by atomic mass is 16.2. The molecule has 3 rings (SSSR count). The Bertz CT molecular complexity index is 626. The highest BCUT2D eigenvalue weighted by Gasteiger charge is 2.35. The van der Waals surface area contributed by atoms with Crippen LogP contribution in [0.5, 0.6) is 0 Å². The molecule has 1 amide bonds. The molecule has 1 saturated heterocycles. The summed E-state index contributed by atoms with van der Waals surface area (Å²) in [6.07, 6.45) is 5.43. The molecule has 1 unspecified atom stereocenters. The largest absolute Gasteiger partial charge is 0.335 e. The molecular formula is C14H20N4O3. The summed E-state index contributed by atoms with van der Waals surface area (Å²) in [5, 5.41) is 3.34. The second-order valence-corrected chi connectivity index (χ2v) is 5.89. The van der Waals surface area contributed by atoms with Gasteiger partial charge in [-0.05, 0) is 44.7 Å². The van der Waals surface area contributed by atoms with Crippen LogP contribution in [0.3, 0.4) is 0 Å². The Balaban J connectivity index is 1.78. The third-order valence-electron chi connectivity index (χ3n) is 4.15. The van der Waals surface area contributed by atoms with E-state index in [1.165, 1.54) is 6.20 Å². The lowest BCUT2D eigenvalue weighted by molar-refractivity contribution is 0.0701. The maximum Gasteiger partial charge on any atom is 0.325 e. The molecule has 0 aromatic carbocycles. The van der Waals surface area contributed by atoms with Crippen LogP contribution in [0.4, 0.5) is 0 Å². The molecule has 1 aliphatic carbocycles. The van der Waals surface area contributed by atoms with Crippen molar-refractivity contribution in [3.05, 3.63) is 32.6 Å². The van der Waals surface area contributed by atoms with Gasteiger partial charge in [-0.2, -0.15) is 0 Å². The number of aromatic nitrogens is 2. The molecule has 3 N–H and O–H groups in total. The van der Waals surface area contributed by atoms with Crippen LogP contribution in [0, 0.1) is 5.92 Å². The van der Waals surface area contributed by atoms with Crippen molar-refractivity contribution < 1.29 is 4.79 Å². The van der Waals surface area contributed by atoms with Gasteiger partial charge in [-0.3, -0.25) is 14.6 Å². The predicted molar refractivity (Wildman–Crippen MR) is 77.3 cm³/mol. The van der Waals surface area contributed by atoms with Gasteiger partial charge in [-0.15, -0.1) is 0 Å². The number of nitrogens with one attached hydrogen (secondary N) is 3. The standard InChI is InChI=1S/C14H20N4O3/c19-12-11(7-16-14(21)17-12)13(20)18(10-3-4-10)8-9-2-1-5-15-6-9/h7,9-10,15H,1-6,8H2,(H2,16,17,19,21). The maximum absolute atomic E-state index is 12.6. The Morgan fingerprint density at radius 1 is 1.29 bits per heavy atom. The first-order chi connectivity index (χ1) is 10.1. The number of rotatable bonds is 4. The fourth-order valence-corrected chi connectivity index (χ4v) is 2.87. The van der Waals surface area contributed by atoms with Crippen LogP contribution in [-0.2, 0) is 0 Å². The second kappa shape index (κ2) is 5.85. The van der Waals surface area contributed by atoms with Crippen molar-refractivity contribution >= 4 is 5.91 Å². The Labute approximate surface area is 121 Å². The van der Waals surface area contributed by atoms with Crippen LogP contribution >= 0.6 is 0 Å². The molecular weight excluding hydrogens is 272 g/mol. The fourth-order valence-electron chi connectivity index (χ4n) is 2.87. The number of H-pyrrole nitrogens is 2. The molecule has 1 aliphatic heterocycles. The van der Waals surface area contributed by atoms with E-state index in [0.29, 0.717) is 12.5 Å². The Kier molecular flexibility index (Phi) is 3.92. The minimum atomic E-state index is -0.615. The van der Waals surface area contributed by atoms with Crippen molar-refractivity contribution in [1.82, 2.24) is 20.2 Å². The molecule has 1 aromatic heterocycles. The van der Waals surface area contributed by atoms with Gasteiger partial charge in [0.15, 0.2) is 0 Å². The number of carbonyl (C=O) groups excluding carboxylic acids is 1. The molecule has 1 aromatic rings. The van der Waals surface area contributed by atoms with Gasteiger partial charge in [0.25, 0.3) is 11.5 Å². The predicted octanol–water partition coefficient (Wildman–Crippen LogP) is -0.333. The van der Waals surface area contributed by atoms with Gasteiger partial charge in [0.2, 0.25) is 0 Å². The quantitative estimate of drug-likeness (QED) is 0.707. The van der Waals surface area contributed by atoms with Crippen LogP contribution in [-0.4, -0.2) is 46.5 Å². The van der Waals surface area contributed by atoms with Crippen LogP contribution < -0.4 is 16.6 Å². The maximum atomic E-state index is 12.6. The summed E-state index contributed by atoms with van der Waals surface area (Å²) in [4.78, 5) is 41.7. The summed E-state index contributed by atoms with van der Waals surface area (Å²) < 4.78 is 0. The minimum Gasteiger partial charge on any atom is -0.335 e.